The van der Waals surface area contributed by atoms with Gasteiger partial charge in [-0.3, -0.25) is 4.98 Å². The van der Waals surface area contributed by atoms with Crippen LogP contribution in [0.25, 0.3) is 10.9 Å². The maximum absolute atomic E-state index is 4.33. The van der Waals surface area contributed by atoms with E-state index < -0.39 is 0 Å². The summed E-state index contributed by atoms with van der Waals surface area (Å²) < 4.78 is 1.15. The van der Waals surface area contributed by atoms with Crippen molar-refractivity contribution in [2.24, 2.45) is 0 Å². The zero-order valence-electron chi connectivity index (χ0n) is 11.2. The van der Waals surface area contributed by atoms with Gasteiger partial charge in [0.25, 0.3) is 0 Å². The maximum Gasteiger partial charge on any atom is 0.0703 e. The maximum atomic E-state index is 4.33. The zero-order chi connectivity index (χ0) is 13.9. The molecule has 1 aromatic heterocycles. The molecule has 0 fully saturated rings. The van der Waals surface area contributed by atoms with Crippen LogP contribution in [0.5, 0.6) is 0 Å². The smallest absolute Gasteiger partial charge is 0.0703 e. The first-order chi connectivity index (χ1) is 9.72. The molecule has 0 saturated heterocycles. The normalized spacial score (nSPS) is 10.7. The van der Waals surface area contributed by atoms with E-state index in [9.17, 15) is 0 Å². The van der Waals surface area contributed by atoms with Gasteiger partial charge in [0.1, 0.15) is 0 Å². The highest BCUT2D eigenvalue weighted by atomic mass is 79.9. The molecule has 0 atom stereocenters. The summed E-state index contributed by atoms with van der Waals surface area (Å²) in [6.07, 6.45) is 1.82. The van der Waals surface area contributed by atoms with Crippen LogP contribution in [0, 0.1) is 6.92 Å². The highest BCUT2D eigenvalue weighted by molar-refractivity contribution is 9.10. The van der Waals surface area contributed by atoms with E-state index in [1.54, 1.807) is 0 Å². The molecule has 100 valence electrons. The quantitative estimate of drug-likeness (QED) is 0.739. The van der Waals surface area contributed by atoms with Crippen molar-refractivity contribution >= 4 is 32.5 Å². The highest BCUT2D eigenvalue weighted by Gasteiger charge is 2.01. The first kappa shape index (κ1) is 13.1. The lowest BCUT2D eigenvalue weighted by molar-refractivity contribution is 1.13. The summed E-state index contributed by atoms with van der Waals surface area (Å²) in [5.41, 5.74) is 4.65. The Bertz CT molecular complexity index is 753. The average Bonchev–Trinajstić information content (AvgIpc) is 2.46. The fourth-order valence-corrected chi connectivity index (χ4v) is 2.81. The second-order valence-corrected chi connectivity index (χ2v) is 5.71. The predicted molar refractivity (Wildman–Crippen MR) is 87.9 cm³/mol. The van der Waals surface area contributed by atoms with Crippen LogP contribution in [0.2, 0.25) is 0 Å². The monoisotopic (exact) mass is 326 g/mol. The molecule has 2 nitrogen and oxygen atoms in total. The van der Waals surface area contributed by atoms with Crippen molar-refractivity contribution in [1.29, 1.82) is 0 Å². The van der Waals surface area contributed by atoms with E-state index in [-0.39, 0.29) is 0 Å². The molecular weight excluding hydrogens is 312 g/mol. The van der Waals surface area contributed by atoms with Crippen LogP contribution in [0.15, 0.2) is 59.2 Å². The summed E-state index contributed by atoms with van der Waals surface area (Å²) in [4.78, 5) is 4.33. The van der Waals surface area contributed by atoms with E-state index in [1.807, 2.05) is 18.3 Å². The molecule has 20 heavy (non-hydrogen) atoms. The molecule has 0 aliphatic rings. The number of benzene rings is 2. The molecule has 1 heterocycles. The van der Waals surface area contributed by atoms with Crippen molar-refractivity contribution in [1.82, 2.24) is 4.98 Å². The molecule has 0 bridgehead atoms. The molecule has 0 unspecified atom stereocenters. The molecule has 2 aromatic carbocycles. The van der Waals surface area contributed by atoms with Gasteiger partial charge in [-0.1, -0.05) is 34.1 Å². The van der Waals surface area contributed by atoms with Crippen molar-refractivity contribution in [3.05, 3.63) is 70.3 Å². The number of anilines is 1. The first-order valence-corrected chi connectivity index (χ1v) is 7.35. The van der Waals surface area contributed by atoms with Crippen LogP contribution in [-0.2, 0) is 6.54 Å². The van der Waals surface area contributed by atoms with Gasteiger partial charge in [0.05, 0.1) is 5.52 Å². The summed E-state index contributed by atoms with van der Waals surface area (Å²) in [5, 5.41) is 4.61. The van der Waals surface area contributed by atoms with Crippen LogP contribution in [0.3, 0.4) is 0 Å². The second kappa shape index (κ2) is 5.63. The lowest BCUT2D eigenvalue weighted by Crippen LogP contribution is -2.00. The zero-order valence-corrected chi connectivity index (χ0v) is 12.8. The lowest BCUT2D eigenvalue weighted by Gasteiger charge is -2.09. The molecule has 3 rings (SSSR count). The van der Waals surface area contributed by atoms with Gasteiger partial charge >= 0.3 is 0 Å². The van der Waals surface area contributed by atoms with Gasteiger partial charge in [-0.2, -0.15) is 0 Å². The van der Waals surface area contributed by atoms with E-state index in [0.717, 1.165) is 27.6 Å². The Kier molecular flexibility index (Phi) is 3.70. The Morgan fingerprint density at radius 3 is 2.85 bits per heavy atom. The molecule has 0 amide bonds. The number of hydrogen-bond donors (Lipinski definition) is 1. The third-order valence-electron chi connectivity index (χ3n) is 3.29. The number of rotatable bonds is 3. The minimum absolute atomic E-state index is 0.798. The highest BCUT2D eigenvalue weighted by Crippen LogP contribution is 2.21. The number of nitrogens with one attached hydrogen (secondary N) is 1. The van der Waals surface area contributed by atoms with Crippen molar-refractivity contribution in [3.8, 4) is 0 Å². The number of aryl methyl sites for hydroxylation is 1. The molecule has 1 N–H and O–H groups in total. The number of pyridine rings is 1. The average molecular weight is 327 g/mol. The van der Waals surface area contributed by atoms with Crippen LogP contribution in [-0.4, -0.2) is 4.98 Å². The third kappa shape index (κ3) is 2.83. The van der Waals surface area contributed by atoms with Gasteiger partial charge < -0.3 is 5.32 Å². The Balaban J connectivity index is 1.79. The van der Waals surface area contributed by atoms with Crippen molar-refractivity contribution in [3.63, 3.8) is 0 Å². The van der Waals surface area contributed by atoms with Crippen LogP contribution >= 0.6 is 15.9 Å². The molecular formula is C17H15BrN2. The first-order valence-electron chi connectivity index (χ1n) is 6.56. The van der Waals surface area contributed by atoms with Gasteiger partial charge in [-0.15, -0.1) is 0 Å². The SMILES string of the molecule is Cc1ccc(CNc2ccc3ncccc3c2)c(Br)c1. The van der Waals surface area contributed by atoms with Crippen LogP contribution < -0.4 is 5.32 Å². The summed E-state index contributed by atoms with van der Waals surface area (Å²) in [7, 11) is 0. The van der Waals surface area contributed by atoms with E-state index in [4.69, 9.17) is 0 Å². The molecule has 0 spiro atoms. The Morgan fingerprint density at radius 1 is 1.10 bits per heavy atom. The van der Waals surface area contributed by atoms with Crippen molar-refractivity contribution in [2.45, 2.75) is 13.5 Å². The molecule has 0 aliphatic heterocycles. The van der Waals surface area contributed by atoms with E-state index in [2.05, 4.69) is 69.6 Å². The largest absolute Gasteiger partial charge is 0.381 e. The van der Waals surface area contributed by atoms with Gasteiger partial charge in [-0.05, 0) is 48.4 Å². The standard InChI is InChI=1S/C17H15BrN2/c1-12-4-5-14(16(18)9-12)11-20-15-6-7-17-13(10-15)3-2-8-19-17/h2-10,20H,11H2,1H3. The van der Waals surface area contributed by atoms with Crippen molar-refractivity contribution < 1.29 is 0 Å². The van der Waals surface area contributed by atoms with Crippen molar-refractivity contribution in [2.75, 3.05) is 5.32 Å². The molecule has 0 radical (unpaired) electrons. The van der Waals surface area contributed by atoms with E-state index in [1.165, 1.54) is 11.1 Å². The minimum atomic E-state index is 0.798. The molecule has 0 saturated carbocycles. The Labute approximate surface area is 127 Å². The fourth-order valence-electron chi connectivity index (χ4n) is 2.18. The molecule has 3 heteroatoms. The van der Waals surface area contributed by atoms with Gasteiger partial charge in [0, 0.05) is 28.3 Å². The third-order valence-corrected chi connectivity index (χ3v) is 4.03. The van der Waals surface area contributed by atoms with E-state index in [0.29, 0.717) is 0 Å². The number of fused-ring (bicyclic) bond motifs is 1. The Morgan fingerprint density at radius 2 is 2.00 bits per heavy atom. The predicted octanol–water partition coefficient (Wildman–Crippen LogP) is 4.92. The van der Waals surface area contributed by atoms with E-state index >= 15 is 0 Å². The number of aromatic nitrogens is 1. The summed E-state index contributed by atoms with van der Waals surface area (Å²) in [6.45, 7) is 2.89. The van der Waals surface area contributed by atoms with Crippen LogP contribution in [0.4, 0.5) is 5.69 Å². The van der Waals surface area contributed by atoms with Gasteiger partial charge in [0.2, 0.25) is 0 Å². The topological polar surface area (TPSA) is 24.9 Å². The summed E-state index contributed by atoms with van der Waals surface area (Å²) >= 11 is 3.61. The van der Waals surface area contributed by atoms with Gasteiger partial charge in [0.15, 0.2) is 0 Å². The fraction of sp³-hybridized carbons (Fsp3) is 0.118. The van der Waals surface area contributed by atoms with Crippen LogP contribution in [0.1, 0.15) is 11.1 Å². The molecule has 3 aromatic rings. The summed E-state index contributed by atoms with van der Waals surface area (Å²) in [6, 6.07) is 16.7. The second-order valence-electron chi connectivity index (χ2n) is 4.86. The molecule has 0 aliphatic carbocycles. The Hall–Kier alpha value is -1.87. The number of hydrogen-bond acceptors (Lipinski definition) is 2. The minimum Gasteiger partial charge on any atom is -0.381 e. The summed E-state index contributed by atoms with van der Waals surface area (Å²) in [5.74, 6) is 0. The van der Waals surface area contributed by atoms with Gasteiger partial charge in [-0.25, -0.2) is 0 Å². The number of nitrogens with zero attached hydrogens (tertiary/aromatic N) is 1. The lowest BCUT2D eigenvalue weighted by atomic mass is 10.1. The number of halogens is 1.